The van der Waals surface area contributed by atoms with Crippen LogP contribution in [0.15, 0.2) is 133 Å². The van der Waals surface area contributed by atoms with E-state index in [1.807, 2.05) is 35.2 Å². The summed E-state index contributed by atoms with van der Waals surface area (Å²) < 4.78 is 0. The number of hydrogen-bond acceptors (Lipinski definition) is 1. The number of fused-ring (bicyclic) bond motifs is 1. The molecule has 5 aromatic rings. The van der Waals surface area contributed by atoms with Crippen molar-refractivity contribution in [3.8, 4) is 0 Å². The summed E-state index contributed by atoms with van der Waals surface area (Å²) in [5.74, 6) is 0.178. The van der Waals surface area contributed by atoms with Gasteiger partial charge in [0.05, 0.1) is 0 Å². The molecule has 4 heteroatoms. The molecule has 6 rings (SSSR count). The summed E-state index contributed by atoms with van der Waals surface area (Å²) in [6, 6.07) is 46.4. The molecule has 0 N–H and O–H groups in total. The summed E-state index contributed by atoms with van der Waals surface area (Å²) >= 11 is 4.52. The molecule has 0 bridgehead atoms. The molecule has 0 aliphatic carbocycles. The number of anilines is 1. The number of hydrogen-bond donors (Lipinski definition) is 0. The second-order valence-electron chi connectivity index (χ2n) is 9.37. The average molecular weight is 552 g/mol. The van der Waals surface area contributed by atoms with Crippen molar-refractivity contribution < 1.29 is 4.79 Å². The van der Waals surface area contributed by atoms with E-state index in [1.165, 1.54) is 15.9 Å². The van der Waals surface area contributed by atoms with E-state index in [0.29, 0.717) is 6.54 Å². The molecule has 1 saturated heterocycles. The first kappa shape index (κ1) is 23.2. The Labute approximate surface area is 220 Å². The predicted octanol–water partition coefficient (Wildman–Crippen LogP) is 6.78. The van der Waals surface area contributed by atoms with Gasteiger partial charge in [0, 0.05) is 0 Å². The van der Waals surface area contributed by atoms with Gasteiger partial charge in [-0.05, 0) is 0 Å². The number of carbonyl (C=O) groups excluding carboxylic acids is 1. The van der Waals surface area contributed by atoms with Crippen LogP contribution in [-0.4, -0.2) is 18.1 Å². The third-order valence-corrected chi connectivity index (χ3v) is 18.3. The molecule has 1 fully saturated rings. The molecule has 0 spiro atoms. The maximum atomic E-state index is 14.7. The fourth-order valence-corrected chi connectivity index (χ4v) is 14.6. The van der Waals surface area contributed by atoms with E-state index in [0.717, 1.165) is 22.9 Å². The molecular formula is C32H27BrNOP. The first-order valence-corrected chi connectivity index (χ1v) is 16.6. The summed E-state index contributed by atoms with van der Waals surface area (Å²) in [6.45, 7) is 0.688. The summed E-state index contributed by atoms with van der Waals surface area (Å²) in [5.41, 5.74) is 0.759. The van der Waals surface area contributed by atoms with Gasteiger partial charge in [-0.2, -0.15) is 0 Å². The van der Waals surface area contributed by atoms with Gasteiger partial charge in [0.2, 0.25) is 0 Å². The first-order chi connectivity index (χ1) is 17.6. The number of amides is 1. The van der Waals surface area contributed by atoms with Gasteiger partial charge >= 0.3 is 221 Å². The molecule has 5 aromatic carbocycles. The van der Waals surface area contributed by atoms with E-state index in [2.05, 4.69) is 119 Å². The van der Waals surface area contributed by atoms with Gasteiger partial charge in [-0.15, -0.1) is 0 Å². The molecule has 0 aromatic heterocycles. The second-order valence-corrected chi connectivity index (χ2v) is 18.1. The van der Waals surface area contributed by atoms with Gasteiger partial charge < -0.3 is 0 Å². The number of halogens is 1. The maximum absolute atomic E-state index is 14.7. The van der Waals surface area contributed by atoms with Gasteiger partial charge in [-0.3, -0.25) is 0 Å². The summed E-state index contributed by atoms with van der Waals surface area (Å²) in [7, 11) is 0. The molecular weight excluding hydrogens is 525 g/mol. The Morgan fingerprint density at radius 1 is 0.611 bits per heavy atom. The third-order valence-electron chi connectivity index (χ3n) is 7.60. The van der Waals surface area contributed by atoms with E-state index >= 15 is 0 Å². The minimum absolute atomic E-state index is 0.178. The number of nitrogens with zero attached hydrogens (tertiary/aromatic N) is 1. The number of rotatable bonds is 5. The summed E-state index contributed by atoms with van der Waals surface area (Å²) in [6.07, 6.45) is 0.768. The van der Waals surface area contributed by atoms with Crippen molar-refractivity contribution in [1.29, 1.82) is 0 Å². The van der Waals surface area contributed by atoms with Gasteiger partial charge in [0.25, 0.3) is 0 Å². The van der Waals surface area contributed by atoms with Gasteiger partial charge in [-0.25, -0.2) is 0 Å². The Morgan fingerprint density at radius 3 is 1.64 bits per heavy atom. The molecule has 1 unspecified atom stereocenters. The second kappa shape index (κ2) is 9.00. The Kier molecular flexibility index (Phi) is 5.79. The van der Waals surface area contributed by atoms with E-state index in [9.17, 15) is 4.79 Å². The molecule has 1 amide bonds. The SMILES string of the molecule is O=C1C(P(Br)(c2ccccc2)(c2ccccc2)c2ccccc2)CCN1c1cccc2ccccc12. The molecule has 1 atom stereocenters. The molecule has 2 nitrogen and oxygen atoms in total. The molecule has 1 heterocycles. The number of benzene rings is 5. The van der Waals surface area contributed by atoms with Crippen LogP contribution in [0.2, 0.25) is 0 Å². The van der Waals surface area contributed by atoms with Crippen molar-refractivity contribution >= 4 is 59.1 Å². The fraction of sp³-hybridized carbons (Fsp3) is 0.0938. The Morgan fingerprint density at radius 2 is 1.08 bits per heavy atom. The summed E-state index contributed by atoms with van der Waals surface area (Å²) in [4.78, 5) is 16.7. The molecule has 36 heavy (non-hydrogen) atoms. The molecule has 1 aliphatic heterocycles. The van der Waals surface area contributed by atoms with Crippen molar-refractivity contribution in [2.24, 2.45) is 0 Å². The molecule has 1 aliphatic rings. The Bertz CT molecular complexity index is 1430. The number of carbonyl (C=O) groups is 1. The first-order valence-electron chi connectivity index (χ1n) is 12.3. The van der Waals surface area contributed by atoms with Crippen LogP contribution in [0.25, 0.3) is 10.8 Å². The van der Waals surface area contributed by atoms with Crippen molar-refractivity contribution in [2.45, 2.75) is 12.1 Å². The Hall–Kier alpha value is -3.26. The standard InChI is InChI=1S/C32H27BrNOP/c33-36(26-15-4-1-5-16-26,27-17-6-2-7-18-27,28-19-8-3-9-20-28)31-23-24-34(32(31)35)30-22-12-14-25-13-10-11-21-29(25)30/h1-22,31H,23-24H2. The van der Waals surface area contributed by atoms with E-state index in [-0.39, 0.29) is 11.6 Å². The van der Waals surface area contributed by atoms with E-state index in [4.69, 9.17) is 0 Å². The van der Waals surface area contributed by atoms with Crippen LogP contribution < -0.4 is 20.8 Å². The van der Waals surface area contributed by atoms with Crippen molar-refractivity contribution in [3.05, 3.63) is 133 Å². The van der Waals surface area contributed by atoms with Crippen LogP contribution in [0, 0.1) is 0 Å². The third kappa shape index (κ3) is 3.30. The topological polar surface area (TPSA) is 20.3 Å². The van der Waals surface area contributed by atoms with E-state index in [1.54, 1.807) is 0 Å². The van der Waals surface area contributed by atoms with Crippen molar-refractivity contribution in [2.75, 3.05) is 11.4 Å². The van der Waals surface area contributed by atoms with Gasteiger partial charge in [0.1, 0.15) is 0 Å². The van der Waals surface area contributed by atoms with Crippen LogP contribution in [0.4, 0.5) is 5.69 Å². The van der Waals surface area contributed by atoms with Crippen LogP contribution >= 0.6 is 20.8 Å². The van der Waals surface area contributed by atoms with Gasteiger partial charge in [-0.1, -0.05) is 0 Å². The average Bonchev–Trinajstić information content (AvgIpc) is 3.35. The van der Waals surface area contributed by atoms with E-state index < -0.39 is 5.31 Å². The molecule has 178 valence electrons. The Balaban J connectivity index is 1.62. The monoisotopic (exact) mass is 551 g/mol. The van der Waals surface area contributed by atoms with Crippen LogP contribution in [0.3, 0.4) is 0 Å². The fourth-order valence-electron chi connectivity index (χ4n) is 5.94. The zero-order valence-electron chi connectivity index (χ0n) is 19.9. The summed E-state index contributed by atoms with van der Waals surface area (Å²) in [5, 5.41) is 2.40. The van der Waals surface area contributed by atoms with Crippen LogP contribution in [0.1, 0.15) is 6.42 Å². The molecule has 0 radical (unpaired) electrons. The van der Waals surface area contributed by atoms with Crippen LogP contribution in [0.5, 0.6) is 0 Å². The van der Waals surface area contributed by atoms with Crippen molar-refractivity contribution in [3.63, 3.8) is 0 Å². The zero-order chi connectivity index (χ0) is 24.6. The normalized spacial score (nSPS) is 17.1. The van der Waals surface area contributed by atoms with Gasteiger partial charge in [0.15, 0.2) is 0 Å². The van der Waals surface area contributed by atoms with Crippen molar-refractivity contribution in [1.82, 2.24) is 0 Å². The predicted molar refractivity (Wildman–Crippen MR) is 159 cm³/mol. The minimum atomic E-state index is -3.40. The quantitative estimate of drug-likeness (QED) is 0.220. The molecule has 0 saturated carbocycles. The van der Waals surface area contributed by atoms with Crippen LogP contribution in [-0.2, 0) is 4.79 Å². The zero-order valence-corrected chi connectivity index (χ0v) is 22.4.